The van der Waals surface area contributed by atoms with Gasteiger partial charge in [-0.05, 0) is 40.6 Å². The maximum absolute atomic E-state index is 10.5. The first-order valence-electron chi connectivity index (χ1n) is 10.1. The molecule has 148 valence electrons. The van der Waals surface area contributed by atoms with Gasteiger partial charge in [-0.1, -0.05) is 78.3 Å². The largest absolute Gasteiger partial charge is 0.507 e. The summed E-state index contributed by atoms with van der Waals surface area (Å²) in [7, 11) is 0. The summed E-state index contributed by atoms with van der Waals surface area (Å²) in [5, 5.41) is 15.7. The van der Waals surface area contributed by atoms with Gasteiger partial charge in [0.15, 0.2) is 0 Å². The number of phenols is 1. The molecule has 5 aromatic carbocycles. The van der Waals surface area contributed by atoms with Crippen molar-refractivity contribution in [3.63, 3.8) is 0 Å². The number of rotatable bonds is 2. The third-order valence-corrected chi connectivity index (χ3v) is 6.04. The van der Waals surface area contributed by atoms with Crippen LogP contribution in [-0.2, 0) is 0 Å². The molecule has 0 saturated carbocycles. The smallest absolute Gasteiger partial charge is 0.139 e. The van der Waals surface area contributed by atoms with Crippen molar-refractivity contribution in [2.24, 2.45) is 0 Å². The summed E-state index contributed by atoms with van der Waals surface area (Å²) in [5.41, 5.74) is 4.37. The molecule has 31 heavy (non-hydrogen) atoms. The lowest BCUT2D eigenvalue weighted by Crippen LogP contribution is -1.88. The van der Waals surface area contributed by atoms with Crippen LogP contribution in [0.3, 0.4) is 0 Å². The van der Waals surface area contributed by atoms with Gasteiger partial charge in [-0.2, -0.15) is 0 Å². The molecule has 0 radical (unpaired) electrons. The fourth-order valence-corrected chi connectivity index (χ4v) is 4.57. The van der Waals surface area contributed by atoms with Gasteiger partial charge in [0.05, 0.1) is 11.0 Å². The zero-order chi connectivity index (χ0) is 20.9. The van der Waals surface area contributed by atoms with Crippen molar-refractivity contribution < 1.29 is 5.11 Å². The van der Waals surface area contributed by atoms with Crippen molar-refractivity contribution in [2.75, 3.05) is 0 Å². The van der Waals surface area contributed by atoms with E-state index >= 15 is 0 Å². The van der Waals surface area contributed by atoms with E-state index in [2.05, 4.69) is 41.4 Å². The van der Waals surface area contributed by atoms with Crippen molar-refractivity contribution in [3.05, 3.63) is 96.0 Å². The molecule has 1 heterocycles. The van der Waals surface area contributed by atoms with Gasteiger partial charge >= 0.3 is 0 Å². The van der Waals surface area contributed by atoms with Crippen molar-refractivity contribution in [1.82, 2.24) is 9.97 Å². The molecule has 0 aliphatic carbocycles. The monoisotopic (exact) mass is 420 g/mol. The van der Waals surface area contributed by atoms with Crippen molar-refractivity contribution in [3.8, 4) is 28.3 Å². The van der Waals surface area contributed by atoms with Gasteiger partial charge in [-0.3, -0.25) is 0 Å². The first-order chi connectivity index (χ1) is 15.2. The Morgan fingerprint density at radius 3 is 2.06 bits per heavy atom. The van der Waals surface area contributed by atoms with E-state index in [1.165, 1.54) is 10.8 Å². The predicted octanol–water partition coefficient (Wildman–Crippen LogP) is 7.56. The number of aromatic nitrogens is 2. The highest BCUT2D eigenvalue weighted by Gasteiger charge is 2.17. The highest BCUT2D eigenvalue weighted by Crippen LogP contribution is 2.40. The van der Waals surface area contributed by atoms with Gasteiger partial charge < -0.3 is 10.1 Å². The number of hydrogen-bond acceptors (Lipinski definition) is 2. The van der Waals surface area contributed by atoms with Crippen LogP contribution in [0.1, 0.15) is 0 Å². The SMILES string of the molecule is Oc1ccccc1-c1cc(Cl)ccc1-c1nc2c3ccccc3c3ccccc3c2[nH]1. The minimum Gasteiger partial charge on any atom is -0.507 e. The van der Waals surface area contributed by atoms with E-state index < -0.39 is 0 Å². The first kappa shape index (κ1) is 18.0. The zero-order valence-electron chi connectivity index (χ0n) is 16.4. The van der Waals surface area contributed by atoms with E-state index in [-0.39, 0.29) is 5.75 Å². The molecule has 0 amide bonds. The lowest BCUT2D eigenvalue weighted by molar-refractivity contribution is 0.477. The molecule has 6 rings (SSSR count). The molecule has 1 aromatic heterocycles. The van der Waals surface area contributed by atoms with Crippen LogP contribution < -0.4 is 0 Å². The molecule has 0 aliphatic heterocycles. The van der Waals surface area contributed by atoms with E-state index in [0.717, 1.165) is 44.3 Å². The molecular formula is C27H17ClN2O. The second-order valence-corrected chi connectivity index (χ2v) is 8.04. The third kappa shape index (κ3) is 2.78. The fraction of sp³-hybridized carbons (Fsp3) is 0. The number of nitrogens with zero attached hydrogens (tertiary/aromatic N) is 1. The van der Waals surface area contributed by atoms with Gasteiger partial charge in [0.25, 0.3) is 0 Å². The number of hydrogen-bond donors (Lipinski definition) is 2. The van der Waals surface area contributed by atoms with E-state index in [4.69, 9.17) is 16.6 Å². The lowest BCUT2D eigenvalue weighted by Gasteiger charge is -2.10. The Bertz CT molecular complexity index is 1540. The third-order valence-electron chi connectivity index (χ3n) is 5.80. The van der Waals surface area contributed by atoms with Crippen molar-refractivity contribution in [1.29, 1.82) is 0 Å². The fourth-order valence-electron chi connectivity index (χ4n) is 4.40. The molecule has 0 fully saturated rings. The van der Waals surface area contributed by atoms with Crippen LogP contribution in [-0.4, -0.2) is 15.1 Å². The van der Waals surface area contributed by atoms with Gasteiger partial charge in [0.1, 0.15) is 11.6 Å². The van der Waals surface area contributed by atoms with Crippen LogP contribution in [0.25, 0.3) is 55.1 Å². The average molecular weight is 421 g/mol. The normalized spacial score (nSPS) is 11.5. The Kier molecular flexibility index (Phi) is 3.98. The summed E-state index contributed by atoms with van der Waals surface area (Å²) >= 11 is 6.33. The standard InChI is InChI=1S/C27H17ClN2O/c28-16-13-14-22(23(15-16)19-9-5-6-12-24(19)31)27-29-25-20-10-3-1-7-17(20)18-8-2-4-11-21(18)26(25)30-27/h1-15,31H,(H,29,30). The van der Waals surface area contributed by atoms with Crippen LogP contribution in [0.2, 0.25) is 5.02 Å². The summed E-state index contributed by atoms with van der Waals surface area (Å²) in [5.74, 6) is 0.949. The van der Waals surface area contributed by atoms with Crippen LogP contribution >= 0.6 is 11.6 Å². The van der Waals surface area contributed by atoms with Gasteiger partial charge in [-0.25, -0.2) is 4.98 Å². The average Bonchev–Trinajstić information content (AvgIpc) is 3.25. The molecule has 0 bridgehead atoms. The van der Waals surface area contributed by atoms with E-state index in [0.29, 0.717) is 5.02 Å². The number of para-hydroxylation sites is 1. The molecule has 0 saturated heterocycles. The maximum atomic E-state index is 10.5. The topological polar surface area (TPSA) is 48.9 Å². The molecule has 0 unspecified atom stereocenters. The molecule has 6 aromatic rings. The number of halogens is 1. The lowest BCUT2D eigenvalue weighted by atomic mass is 9.98. The Morgan fingerprint density at radius 2 is 1.29 bits per heavy atom. The molecule has 0 atom stereocenters. The number of benzene rings is 5. The Morgan fingerprint density at radius 1 is 0.645 bits per heavy atom. The van der Waals surface area contributed by atoms with Crippen LogP contribution in [0, 0.1) is 0 Å². The van der Waals surface area contributed by atoms with Crippen molar-refractivity contribution >= 4 is 44.2 Å². The zero-order valence-corrected chi connectivity index (χ0v) is 17.2. The number of aromatic hydroxyl groups is 1. The van der Waals surface area contributed by atoms with Crippen LogP contribution in [0.5, 0.6) is 5.75 Å². The highest BCUT2D eigenvalue weighted by atomic mass is 35.5. The number of aromatic amines is 1. The Hall–Kier alpha value is -3.82. The molecule has 4 heteroatoms. The quantitative estimate of drug-likeness (QED) is 0.284. The van der Waals surface area contributed by atoms with Gasteiger partial charge in [-0.15, -0.1) is 0 Å². The van der Waals surface area contributed by atoms with Crippen LogP contribution in [0.15, 0.2) is 91.0 Å². The Balaban J connectivity index is 1.71. The summed E-state index contributed by atoms with van der Waals surface area (Å²) in [4.78, 5) is 8.59. The summed E-state index contributed by atoms with van der Waals surface area (Å²) in [6.45, 7) is 0. The molecule has 0 aliphatic rings. The first-order valence-corrected chi connectivity index (χ1v) is 10.5. The number of nitrogens with one attached hydrogen (secondary N) is 1. The van der Waals surface area contributed by atoms with Crippen molar-refractivity contribution in [2.45, 2.75) is 0 Å². The second-order valence-electron chi connectivity index (χ2n) is 7.61. The minimum atomic E-state index is 0.207. The van der Waals surface area contributed by atoms with E-state index in [1.807, 2.05) is 48.5 Å². The maximum Gasteiger partial charge on any atom is 0.139 e. The summed E-state index contributed by atoms with van der Waals surface area (Å²) in [6.07, 6.45) is 0. The summed E-state index contributed by atoms with van der Waals surface area (Å²) in [6, 6.07) is 29.7. The predicted molar refractivity (Wildman–Crippen MR) is 129 cm³/mol. The van der Waals surface area contributed by atoms with Crippen LogP contribution in [0.4, 0.5) is 0 Å². The summed E-state index contributed by atoms with van der Waals surface area (Å²) < 4.78 is 0. The Labute approximate surface area is 183 Å². The van der Waals surface area contributed by atoms with Gasteiger partial charge in [0, 0.05) is 26.9 Å². The van der Waals surface area contributed by atoms with E-state index in [9.17, 15) is 5.11 Å². The molecule has 3 nitrogen and oxygen atoms in total. The molecule has 0 spiro atoms. The number of fused-ring (bicyclic) bond motifs is 6. The number of imidazole rings is 1. The minimum absolute atomic E-state index is 0.207. The number of phenolic OH excluding ortho intramolecular Hbond substituents is 1. The van der Waals surface area contributed by atoms with E-state index in [1.54, 1.807) is 6.07 Å². The van der Waals surface area contributed by atoms with Gasteiger partial charge in [0.2, 0.25) is 0 Å². The number of H-pyrrole nitrogens is 1. The molecule has 2 N–H and O–H groups in total. The second kappa shape index (κ2) is 6.86. The highest BCUT2D eigenvalue weighted by molar-refractivity contribution is 6.31. The molecular weight excluding hydrogens is 404 g/mol.